The third-order valence-electron chi connectivity index (χ3n) is 5.24. The van der Waals surface area contributed by atoms with Gasteiger partial charge in [-0.1, -0.05) is 96.8 Å². The Morgan fingerprint density at radius 3 is 1.48 bits per heavy atom. The topological polar surface area (TPSA) is 74.6 Å². The number of hydrogen-bond acceptors (Lipinski definition) is 3. The van der Waals surface area contributed by atoms with Gasteiger partial charge >= 0.3 is 11.9 Å². The number of thioether (sulfide) groups is 1. The quantitative estimate of drug-likeness (QED) is 0.230. The number of rotatable bonds is 19. The molecule has 0 heterocycles. The second-order valence-electron chi connectivity index (χ2n) is 7.98. The van der Waals surface area contributed by atoms with E-state index in [0.29, 0.717) is 6.42 Å². The first-order chi connectivity index (χ1) is 12.8. The maximum atomic E-state index is 11.5. The lowest BCUT2D eigenvalue weighted by Gasteiger charge is -2.26. The Balaban J connectivity index is 3.63. The summed E-state index contributed by atoms with van der Waals surface area (Å²) in [7, 11) is 0. The highest BCUT2D eigenvalue weighted by Crippen LogP contribution is 2.34. The predicted octanol–water partition coefficient (Wildman–Crippen LogP) is 6.91. The van der Waals surface area contributed by atoms with Gasteiger partial charge in [-0.05, 0) is 20.3 Å². The third kappa shape index (κ3) is 14.0. The molecule has 0 aromatic carbocycles. The van der Waals surface area contributed by atoms with Crippen molar-refractivity contribution in [2.45, 2.75) is 127 Å². The zero-order chi connectivity index (χ0) is 20.5. The number of carboxylic acids is 2. The van der Waals surface area contributed by atoms with Crippen LogP contribution in [0.4, 0.5) is 0 Å². The van der Waals surface area contributed by atoms with Crippen LogP contribution in [0.3, 0.4) is 0 Å². The first-order valence-electron chi connectivity index (χ1n) is 11.0. The van der Waals surface area contributed by atoms with Gasteiger partial charge in [0.1, 0.15) is 10.00 Å². The minimum absolute atomic E-state index is 0.530. The average Bonchev–Trinajstić information content (AvgIpc) is 2.61. The molecule has 0 saturated heterocycles. The summed E-state index contributed by atoms with van der Waals surface area (Å²) >= 11 is 1.05. The predicted molar refractivity (Wildman–Crippen MR) is 116 cm³/mol. The van der Waals surface area contributed by atoms with Crippen LogP contribution < -0.4 is 0 Å². The highest BCUT2D eigenvalue weighted by atomic mass is 32.2. The van der Waals surface area contributed by atoms with E-state index in [1.165, 1.54) is 70.6 Å². The molecule has 0 spiro atoms. The number of carboxylic acid groups (broad SMARTS) is 2. The lowest BCUT2D eigenvalue weighted by atomic mass is 10.0. The fraction of sp³-hybridized carbons (Fsp3) is 0.909. The molecule has 27 heavy (non-hydrogen) atoms. The number of unbranched alkanes of at least 4 members (excludes halogenated alkanes) is 13. The molecule has 0 rings (SSSR count). The summed E-state index contributed by atoms with van der Waals surface area (Å²) in [4.78, 5) is 22.5. The summed E-state index contributed by atoms with van der Waals surface area (Å²) in [5.41, 5.74) is 0. The molecule has 2 atom stereocenters. The van der Waals surface area contributed by atoms with E-state index in [2.05, 4.69) is 6.92 Å². The monoisotopic (exact) mass is 402 g/mol. The second-order valence-corrected chi connectivity index (χ2v) is 9.82. The molecule has 0 aromatic rings. The molecule has 5 heteroatoms. The van der Waals surface area contributed by atoms with Gasteiger partial charge in [0.05, 0.1) is 0 Å². The van der Waals surface area contributed by atoms with E-state index in [9.17, 15) is 14.7 Å². The van der Waals surface area contributed by atoms with E-state index in [-0.39, 0.29) is 0 Å². The number of hydrogen-bond donors (Lipinski definition) is 2. The van der Waals surface area contributed by atoms with Gasteiger partial charge in [-0.15, -0.1) is 11.8 Å². The molecule has 0 aromatic heterocycles. The molecule has 0 bridgehead atoms. The Morgan fingerprint density at radius 2 is 1.15 bits per heavy atom. The first-order valence-corrected chi connectivity index (χ1v) is 11.9. The van der Waals surface area contributed by atoms with E-state index in [4.69, 9.17) is 5.11 Å². The van der Waals surface area contributed by atoms with Crippen LogP contribution in [0.1, 0.15) is 117 Å². The van der Waals surface area contributed by atoms with Crippen molar-refractivity contribution in [1.82, 2.24) is 0 Å². The van der Waals surface area contributed by atoms with Gasteiger partial charge < -0.3 is 10.2 Å². The molecule has 2 unspecified atom stereocenters. The maximum Gasteiger partial charge on any atom is 0.319 e. The van der Waals surface area contributed by atoms with E-state index < -0.39 is 21.9 Å². The molecule has 0 fully saturated rings. The molecule has 160 valence electrons. The van der Waals surface area contributed by atoms with Crippen molar-refractivity contribution in [3.63, 3.8) is 0 Å². The summed E-state index contributed by atoms with van der Waals surface area (Å²) in [5.74, 6) is -1.86. The van der Waals surface area contributed by atoms with Crippen molar-refractivity contribution in [3.8, 4) is 0 Å². The minimum Gasteiger partial charge on any atom is -0.480 e. The fourth-order valence-electron chi connectivity index (χ4n) is 3.31. The van der Waals surface area contributed by atoms with Gasteiger partial charge in [0.25, 0.3) is 0 Å². The van der Waals surface area contributed by atoms with Crippen LogP contribution in [-0.2, 0) is 9.59 Å². The summed E-state index contributed by atoms with van der Waals surface area (Å²) < 4.78 is -1.01. The van der Waals surface area contributed by atoms with Gasteiger partial charge in [-0.2, -0.15) is 0 Å². The molecule has 0 amide bonds. The molecule has 0 saturated carbocycles. The summed E-state index contributed by atoms with van der Waals surface area (Å²) in [6.07, 6.45) is 18.3. The lowest BCUT2D eigenvalue weighted by molar-refractivity contribution is -0.139. The van der Waals surface area contributed by atoms with E-state index in [1.807, 2.05) is 0 Å². The van der Waals surface area contributed by atoms with E-state index in [1.54, 1.807) is 13.8 Å². The molecular weight excluding hydrogens is 360 g/mol. The zero-order valence-electron chi connectivity index (χ0n) is 17.8. The van der Waals surface area contributed by atoms with Crippen LogP contribution in [0.2, 0.25) is 0 Å². The molecule has 4 nitrogen and oxygen atoms in total. The van der Waals surface area contributed by atoms with Crippen molar-refractivity contribution in [2.75, 3.05) is 0 Å². The number of carbonyl (C=O) groups is 2. The van der Waals surface area contributed by atoms with Crippen molar-refractivity contribution in [1.29, 1.82) is 0 Å². The van der Waals surface area contributed by atoms with Crippen molar-refractivity contribution >= 4 is 23.7 Å². The van der Waals surface area contributed by atoms with E-state index in [0.717, 1.165) is 31.0 Å². The van der Waals surface area contributed by atoms with E-state index >= 15 is 0 Å². The van der Waals surface area contributed by atoms with Gasteiger partial charge in [-0.3, -0.25) is 9.59 Å². The van der Waals surface area contributed by atoms with Gasteiger partial charge in [0, 0.05) is 0 Å². The normalized spacial score (nSPS) is 14.6. The Morgan fingerprint density at radius 1 is 0.778 bits per heavy atom. The van der Waals surface area contributed by atoms with Gasteiger partial charge in [-0.25, -0.2) is 0 Å². The molecule has 0 aliphatic heterocycles. The first kappa shape index (κ1) is 26.3. The lowest BCUT2D eigenvalue weighted by Crippen LogP contribution is -2.35. The largest absolute Gasteiger partial charge is 0.480 e. The summed E-state index contributed by atoms with van der Waals surface area (Å²) in [6.45, 7) is 5.46. The standard InChI is InChI=1S/C22H42O4S/c1-4-5-6-7-8-9-10-11-12-13-14-15-16-17-18-22(3,21(25)26)27-19(2)20(23)24/h19H,4-18H2,1-3H3,(H,23,24)(H,25,26). The summed E-state index contributed by atoms with van der Waals surface area (Å²) in [5, 5.41) is 17.8. The smallest absolute Gasteiger partial charge is 0.319 e. The van der Waals surface area contributed by atoms with Crippen molar-refractivity contribution in [3.05, 3.63) is 0 Å². The zero-order valence-corrected chi connectivity index (χ0v) is 18.6. The molecule has 0 aliphatic carbocycles. The molecule has 0 radical (unpaired) electrons. The fourth-order valence-corrected chi connectivity index (χ4v) is 4.56. The Hall–Kier alpha value is -0.710. The third-order valence-corrected chi connectivity index (χ3v) is 6.70. The van der Waals surface area contributed by atoms with Crippen LogP contribution in [0.25, 0.3) is 0 Å². The van der Waals surface area contributed by atoms with Crippen LogP contribution in [0, 0.1) is 0 Å². The average molecular weight is 403 g/mol. The molecule has 0 aliphatic rings. The van der Waals surface area contributed by atoms with Crippen LogP contribution in [0.15, 0.2) is 0 Å². The Labute approximate surface area is 170 Å². The van der Waals surface area contributed by atoms with Crippen LogP contribution in [-0.4, -0.2) is 32.1 Å². The molecule has 2 N–H and O–H groups in total. The SMILES string of the molecule is CCCCCCCCCCCCCCCCC(C)(SC(C)C(=O)O)C(=O)O. The molecular formula is C22H42O4S. The van der Waals surface area contributed by atoms with Crippen molar-refractivity contribution < 1.29 is 19.8 Å². The van der Waals surface area contributed by atoms with Crippen LogP contribution in [0.5, 0.6) is 0 Å². The van der Waals surface area contributed by atoms with Crippen LogP contribution >= 0.6 is 11.8 Å². The second kappa shape index (κ2) is 16.3. The number of aliphatic carboxylic acids is 2. The maximum absolute atomic E-state index is 11.5. The van der Waals surface area contributed by atoms with Crippen molar-refractivity contribution in [2.24, 2.45) is 0 Å². The highest BCUT2D eigenvalue weighted by Gasteiger charge is 2.36. The minimum atomic E-state index is -1.01. The van der Waals surface area contributed by atoms with Gasteiger partial charge in [0.15, 0.2) is 0 Å². The summed E-state index contributed by atoms with van der Waals surface area (Å²) in [6, 6.07) is 0. The highest BCUT2D eigenvalue weighted by molar-refractivity contribution is 8.02. The van der Waals surface area contributed by atoms with Gasteiger partial charge in [0.2, 0.25) is 0 Å². The Bertz CT molecular complexity index is 400. The Kier molecular flexibility index (Phi) is 15.8.